The maximum absolute atomic E-state index is 12.6. The molecule has 1 heterocycles. The molecule has 1 aromatic heterocycles. The lowest BCUT2D eigenvalue weighted by molar-refractivity contribution is -0.126. The fraction of sp³-hybridized carbons (Fsp3) is 0.409. The number of carbonyl (C=O) groups is 2. The number of nitrogens with zero attached hydrogens (tertiary/aromatic N) is 1. The lowest BCUT2D eigenvalue weighted by Crippen LogP contribution is -2.40. The van der Waals surface area contributed by atoms with Gasteiger partial charge in [0.15, 0.2) is 0 Å². The van der Waals surface area contributed by atoms with Gasteiger partial charge in [0.2, 0.25) is 11.8 Å². The molecule has 6 nitrogen and oxygen atoms in total. The fourth-order valence-electron chi connectivity index (χ4n) is 3.56. The molecule has 28 heavy (non-hydrogen) atoms. The van der Waals surface area contributed by atoms with Gasteiger partial charge in [0.25, 0.3) is 5.56 Å². The van der Waals surface area contributed by atoms with Crippen molar-refractivity contribution in [3.8, 4) is 0 Å². The highest BCUT2D eigenvalue weighted by molar-refractivity contribution is 5.85. The molecule has 0 spiro atoms. The van der Waals surface area contributed by atoms with Crippen LogP contribution in [-0.4, -0.2) is 29.5 Å². The summed E-state index contributed by atoms with van der Waals surface area (Å²) < 4.78 is 1.44. The van der Waals surface area contributed by atoms with Crippen LogP contribution in [0.4, 0.5) is 0 Å². The van der Waals surface area contributed by atoms with Crippen molar-refractivity contribution in [2.45, 2.75) is 45.6 Å². The third-order valence-corrected chi connectivity index (χ3v) is 5.13. The molecule has 0 aliphatic heterocycles. The predicted octanol–water partition coefficient (Wildman–Crippen LogP) is 2.43. The van der Waals surface area contributed by atoms with Gasteiger partial charge in [0, 0.05) is 17.6 Å². The van der Waals surface area contributed by atoms with Gasteiger partial charge in [0.1, 0.15) is 6.54 Å². The molecular formula is C22H27N3O3. The second-order valence-electron chi connectivity index (χ2n) is 7.25. The van der Waals surface area contributed by atoms with Crippen molar-refractivity contribution >= 4 is 22.6 Å². The molecule has 0 atom stereocenters. The van der Waals surface area contributed by atoms with Gasteiger partial charge in [-0.15, -0.1) is 0 Å². The first kappa shape index (κ1) is 19.9. The van der Waals surface area contributed by atoms with Gasteiger partial charge in [-0.25, -0.2) is 0 Å². The Kier molecular flexibility index (Phi) is 6.63. The summed E-state index contributed by atoms with van der Waals surface area (Å²) in [4.78, 5) is 36.8. The van der Waals surface area contributed by atoms with E-state index in [1.54, 1.807) is 19.1 Å². The Morgan fingerprint density at radius 3 is 2.71 bits per heavy atom. The van der Waals surface area contributed by atoms with Crippen molar-refractivity contribution in [1.82, 2.24) is 15.2 Å². The van der Waals surface area contributed by atoms with Crippen molar-refractivity contribution in [3.05, 3.63) is 58.0 Å². The summed E-state index contributed by atoms with van der Waals surface area (Å²) in [5.74, 6) is -0.571. The Morgan fingerprint density at radius 1 is 1.11 bits per heavy atom. The summed E-state index contributed by atoms with van der Waals surface area (Å²) in [7, 11) is 0. The second kappa shape index (κ2) is 9.35. The minimum atomic E-state index is -0.356. The van der Waals surface area contributed by atoms with E-state index in [4.69, 9.17) is 0 Å². The number of amides is 2. The second-order valence-corrected chi connectivity index (χ2v) is 7.25. The van der Waals surface area contributed by atoms with Crippen LogP contribution in [0, 0.1) is 6.92 Å². The Morgan fingerprint density at radius 2 is 1.93 bits per heavy atom. The smallest absolute Gasteiger partial charge is 0.259 e. The molecule has 1 aliphatic carbocycles. The summed E-state index contributed by atoms with van der Waals surface area (Å²) in [5.41, 5.74) is 1.92. The molecule has 0 radical (unpaired) electrons. The van der Waals surface area contributed by atoms with Crippen LogP contribution in [0.1, 0.15) is 37.8 Å². The van der Waals surface area contributed by atoms with Gasteiger partial charge in [-0.1, -0.05) is 29.8 Å². The number of aryl methyl sites for hydroxylation is 1. The average Bonchev–Trinajstić information content (AvgIpc) is 2.70. The Bertz CT molecular complexity index is 959. The van der Waals surface area contributed by atoms with E-state index in [0.29, 0.717) is 17.6 Å². The van der Waals surface area contributed by atoms with Crippen LogP contribution in [0.15, 0.2) is 46.8 Å². The van der Waals surface area contributed by atoms with E-state index in [0.717, 1.165) is 24.6 Å². The zero-order valence-corrected chi connectivity index (χ0v) is 16.3. The van der Waals surface area contributed by atoms with Gasteiger partial charge < -0.3 is 15.2 Å². The molecule has 1 aliphatic rings. The molecule has 0 saturated carbocycles. The first-order valence-electron chi connectivity index (χ1n) is 9.85. The Hall–Kier alpha value is -2.89. The summed E-state index contributed by atoms with van der Waals surface area (Å²) in [5, 5.41) is 6.86. The highest BCUT2D eigenvalue weighted by Crippen LogP contribution is 2.19. The van der Waals surface area contributed by atoms with E-state index >= 15 is 0 Å². The number of benzene rings is 1. The van der Waals surface area contributed by atoms with Crippen molar-refractivity contribution in [2.75, 3.05) is 13.1 Å². The standard InChI is InChI=1S/C22H27N3O3/c1-16-13-18-9-5-6-10-19(18)22(28)25(16)15-21(27)24-14-20(26)23-12-11-17-7-3-2-4-8-17/h5-7,9-10,13H,2-4,8,11-12,14-15H2,1H3,(H,23,26)(H,24,27). The minimum Gasteiger partial charge on any atom is -0.354 e. The Balaban J connectivity index is 1.49. The third-order valence-electron chi connectivity index (χ3n) is 5.13. The van der Waals surface area contributed by atoms with Crippen LogP contribution in [0.5, 0.6) is 0 Å². The molecule has 2 N–H and O–H groups in total. The van der Waals surface area contributed by atoms with E-state index in [1.165, 1.54) is 23.0 Å². The molecule has 0 saturated heterocycles. The highest BCUT2D eigenvalue weighted by Gasteiger charge is 2.11. The highest BCUT2D eigenvalue weighted by atomic mass is 16.2. The topological polar surface area (TPSA) is 80.2 Å². The number of allylic oxidation sites excluding steroid dienone is 1. The third kappa shape index (κ3) is 5.09. The van der Waals surface area contributed by atoms with Crippen molar-refractivity contribution in [3.63, 3.8) is 0 Å². The van der Waals surface area contributed by atoms with Crippen LogP contribution in [0.2, 0.25) is 0 Å². The van der Waals surface area contributed by atoms with Crippen LogP contribution in [-0.2, 0) is 16.1 Å². The zero-order valence-electron chi connectivity index (χ0n) is 16.3. The summed E-state index contributed by atoms with van der Waals surface area (Å²) in [6.07, 6.45) is 7.86. The molecule has 1 aromatic carbocycles. The van der Waals surface area contributed by atoms with Crippen molar-refractivity contribution in [2.24, 2.45) is 0 Å². The van der Waals surface area contributed by atoms with E-state index < -0.39 is 0 Å². The van der Waals surface area contributed by atoms with E-state index in [9.17, 15) is 14.4 Å². The monoisotopic (exact) mass is 381 g/mol. The van der Waals surface area contributed by atoms with Gasteiger partial charge in [0.05, 0.1) is 6.54 Å². The van der Waals surface area contributed by atoms with E-state index in [2.05, 4.69) is 16.7 Å². The SMILES string of the molecule is Cc1cc2ccccc2c(=O)n1CC(=O)NCC(=O)NCCC1=CCCCC1. The van der Waals surface area contributed by atoms with Gasteiger partial charge in [-0.2, -0.15) is 0 Å². The molecule has 2 amide bonds. The number of hydrogen-bond acceptors (Lipinski definition) is 3. The average molecular weight is 381 g/mol. The molecule has 6 heteroatoms. The normalized spacial score (nSPS) is 13.8. The molecule has 3 rings (SSSR count). The van der Waals surface area contributed by atoms with Crippen molar-refractivity contribution < 1.29 is 9.59 Å². The fourth-order valence-corrected chi connectivity index (χ4v) is 3.56. The molecule has 0 bridgehead atoms. The molecule has 0 unspecified atom stereocenters. The quantitative estimate of drug-likeness (QED) is 0.723. The number of hydrogen-bond donors (Lipinski definition) is 2. The van der Waals surface area contributed by atoms with Gasteiger partial charge >= 0.3 is 0 Å². The molecular weight excluding hydrogens is 354 g/mol. The predicted molar refractivity (Wildman–Crippen MR) is 110 cm³/mol. The first-order valence-corrected chi connectivity index (χ1v) is 9.85. The van der Waals surface area contributed by atoms with Crippen LogP contribution in [0.3, 0.4) is 0 Å². The molecule has 2 aromatic rings. The minimum absolute atomic E-state index is 0.0841. The van der Waals surface area contributed by atoms with Gasteiger partial charge in [-0.3, -0.25) is 14.4 Å². The van der Waals surface area contributed by atoms with Gasteiger partial charge in [-0.05, 0) is 56.5 Å². The largest absolute Gasteiger partial charge is 0.354 e. The number of nitrogens with one attached hydrogen (secondary N) is 2. The van der Waals surface area contributed by atoms with Crippen LogP contribution in [0.25, 0.3) is 10.8 Å². The molecule has 0 fully saturated rings. The zero-order chi connectivity index (χ0) is 19.9. The van der Waals surface area contributed by atoms with Crippen LogP contribution < -0.4 is 16.2 Å². The Labute approximate surface area is 164 Å². The van der Waals surface area contributed by atoms with Crippen molar-refractivity contribution in [1.29, 1.82) is 0 Å². The summed E-state index contributed by atoms with van der Waals surface area (Å²) in [6.45, 7) is 2.20. The lowest BCUT2D eigenvalue weighted by atomic mass is 9.97. The number of carbonyl (C=O) groups excluding carboxylic acids is 2. The van der Waals surface area contributed by atoms with E-state index in [1.807, 2.05) is 18.2 Å². The number of aromatic nitrogens is 1. The number of fused-ring (bicyclic) bond motifs is 1. The lowest BCUT2D eigenvalue weighted by Gasteiger charge is -2.13. The van der Waals surface area contributed by atoms with Crippen LogP contribution >= 0.6 is 0 Å². The summed E-state index contributed by atoms with van der Waals surface area (Å²) >= 11 is 0. The number of pyridine rings is 1. The summed E-state index contributed by atoms with van der Waals surface area (Å²) in [6, 6.07) is 9.19. The first-order chi connectivity index (χ1) is 13.5. The maximum atomic E-state index is 12.6. The molecule has 148 valence electrons. The maximum Gasteiger partial charge on any atom is 0.259 e. The van der Waals surface area contributed by atoms with E-state index in [-0.39, 0.29) is 30.5 Å². The number of rotatable bonds is 7.